The van der Waals surface area contributed by atoms with Gasteiger partial charge in [-0.15, -0.1) is 0 Å². The smallest absolute Gasteiger partial charge is 0.120 e. The van der Waals surface area contributed by atoms with E-state index < -0.39 is 0 Å². The van der Waals surface area contributed by atoms with Crippen molar-refractivity contribution in [2.75, 3.05) is 6.61 Å². The fourth-order valence-electron chi connectivity index (χ4n) is 2.17. The molecule has 19 heavy (non-hydrogen) atoms. The van der Waals surface area contributed by atoms with Gasteiger partial charge in [-0.1, -0.05) is 23.8 Å². The molecule has 0 aromatic heterocycles. The highest BCUT2D eigenvalue weighted by Gasteiger charge is 2.31. The summed E-state index contributed by atoms with van der Waals surface area (Å²) in [4.78, 5) is 0.289. The summed E-state index contributed by atoms with van der Waals surface area (Å²) in [5.74, 6) is 0.707. The van der Waals surface area contributed by atoms with E-state index in [2.05, 4.69) is 13.8 Å². The van der Waals surface area contributed by atoms with Crippen LogP contribution in [0.3, 0.4) is 0 Å². The quantitative estimate of drug-likeness (QED) is 0.866. The Morgan fingerprint density at radius 1 is 1.58 bits per heavy atom. The van der Waals surface area contributed by atoms with Crippen LogP contribution in [-0.2, 0) is 4.74 Å². The molecule has 3 nitrogen and oxygen atoms in total. The molecule has 1 heterocycles. The molecule has 1 unspecified atom stereocenters. The van der Waals surface area contributed by atoms with Gasteiger partial charge in [-0.3, -0.25) is 0 Å². The van der Waals surface area contributed by atoms with Gasteiger partial charge in [-0.25, -0.2) is 0 Å². The minimum Gasteiger partial charge on any atom is -0.491 e. The molecule has 2 N–H and O–H groups in total. The van der Waals surface area contributed by atoms with Gasteiger partial charge in [-0.2, -0.15) is 0 Å². The lowest BCUT2D eigenvalue weighted by Gasteiger charge is -2.19. The molecule has 0 amide bonds. The van der Waals surface area contributed by atoms with E-state index in [0.29, 0.717) is 22.9 Å². The van der Waals surface area contributed by atoms with Crippen LogP contribution in [0.15, 0.2) is 18.2 Å². The molecule has 1 aliphatic heterocycles. The maximum atomic E-state index is 6.09. The van der Waals surface area contributed by atoms with Crippen molar-refractivity contribution in [3.8, 4) is 5.75 Å². The Labute approximate surface area is 124 Å². The van der Waals surface area contributed by atoms with Gasteiger partial charge >= 0.3 is 0 Å². The average Bonchev–Trinajstić information content (AvgIpc) is 2.66. The van der Waals surface area contributed by atoms with Crippen LogP contribution in [-0.4, -0.2) is 23.3 Å². The molecule has 0 aliphatic carbocycles. The molecule has 0 radical (unpaired) electrons. The molecule has 1 atom stereocenters. The van der Waals surface area contributed by atoms with Gasteiger partial charge in [0.25, 0.3) is 0 Å². The van der Waals surface area contributed by atoms with Crippen molar-refractivity contribution >= 4 is 28.8 Å². The summed E-state index contributed by atoms with van der Waals surface area (Å²) in [5, 5.41) is 0.512. The molecule has 5 heteroatoms. The Morgan fingerprint density at radius 3 is 2.84 bits per heavy atom. The largest absolute Gasteiger partial charge is 0.491 e. The van der Waals surface area contributed by atoms with Crippen molar-refractivity contribution in [3.63, 3.8) is 0 Å². The fraction of sp³-hybridized carbons (Fsp3) is 0.500. The van der Waals surface area contributed by atoms with E-state index in [-0.39, 0.29) is 16.7 Å². The Bertz CT molecular complexity index is 490. The summed E-state index contributed by atoms with van der Waals surface area (Å²) in [6.07, 6.45) is 2.22. The van der Waals surface area contributed by atoms with Gasteiger partial charge in [0.15, 0.2) is 0 Å². The molecular weight excluding hydrogens is 282 g/mol. The zero-order valence-electron chi connectivity index (χ0n) is 11.1. The van der Waals surface area contributed by atoms with E-state index in [4.69, 9.17) is 39.0 Å². The minimum absolute atomic E-state index is 0.0404. The number of hydrogen-bond acceptors (Lipinski definition) is 3. The van der Waals surface area contributed by atoms with Crippen LogP contribution in [0.2, 0.25) is 5.02 Å². The van der Waals surface area contributed by atoms with Crippen molar-refractivity contribution in [1.29, 1.82) is 0 Å². The van der Waals surface area contributed by atoms with Crippen LogP contribution in [0, 0.1) is 0 Å². The highest BCUT2D eigenvalue weighted by Crippen LogP contribution is 2.30. The van der Waals surface area contributed by atoms with Crippen LogP contribution in [0.1, 0.15) is 32.3 Å². The van der Waals surface area contributed by atoms with E-state index >= 15 is 0 Å². The second kappa shape index (κ2) is 5.65. The summed E-state index contributed by atoms with van der Waals surface area (Å²) in [6, 6.07) is 5.33. The van der Waals surface area contributed by atoms with Gasteiger partial charge in [0, 0.05) is 5.56 Å². The lowest BCUT2D eigenvalue weighted by molar-refractivity contribution is -0.0326. The number of benzene rings is 1. The number of thiocarbonyl (C=S) groups is 1. The number of ether oxygens (including phenoxy) is 2. The van der Waals surface area contributed by atoms with E-state index in [0.717, 1.165) is 12.8 Å². The second-order valence-corrected chi connectivity index (χ2v) is 6.20. The van der Waals surface area contributed by atoms with Crippen molar-refractivity contribution in [1.82, 2.24) is 0 Å². The maximum absolute atomic E-state index is 6.09. The van der Waals surface area contributed by atoms with Crippen LogP contribution in [0.4, 0.5) is 0 Å². The molecule has 104 valence electrons. The summed E-state index contributed by atoms with van der Waals surface area (Å²) in [5.41, 5.74) is 6.18. The van der Waals surface area contributed by atoms with Crippen molar-refractivity contribution in [3.05, 3.63) is 28.8 Å². The molecule has 0 bridgehead atoms. The number of nitrogens with two attached hydrogens (primary N) is 1. The zero-order valence-corrected chi connectivity index (χ0v) is 12.7. The van der Waals surface area contributed by atoms with E-state index in [9.17, 15) is 0 Å². The summed E-state index contributed by atoms with van der Waals surface area (Å²) < 4.78 is 11.6. The van der Waals surface area contributed by atoms with Crippen LogP contribution >= 0.6 is 23.8 Å². The average molecular weight is 300 g/mol. The Balaban J connectivity index is 1.94. The van der Waals surface area contributed by atoms with E-state index in [1.54, 1.807) is 12.1 Å². The highest BCUT2D eigenvalue weighted by atomic mass is 35.5. The monoisotopic (exact) mass is 299 g/mol. The normalized spacial score (nSPS) is 21.3. The third kappa shape index (κ3) is 3.81. The third-order valence-electron chi connectivity index (χ3n) is 3.20. The van der Waals surface area contributed by atoms with Gasteiger partial charge in [0.2, 0.25) is 0 Å². The van der Waals surface area contributed by atoms with E-state index in [1.807, 2.05) is 6.07 Å². The van der Waals surface area contributed by atoms with Crippen molar-refractivity contribution < 1.29 is 9.47 Å². The first-order valence-corrected chi connectivity index (χ1v) is 7.06. The number of rotatable bonds is 4. The fourth-order valence-corrected chi connectivity index (χ4v) is 2.68. The second-order valence-electron chi connectivity index (χ2n) is 5.36. The summed E-state index contributed by atoms with van der Waals surface area (Å²) in [6.45, 7) is 4.73. The Morgan fingerprint density at radius 2 is 2.32 bits per heavy atom. The molecule has 1 fully saturated rings. The van der Waals surface area contributed by atoms with Gasteiger partial charge in [0.1, 0.15) is 17.3 Å². The molecule has 0 spiro atoms. The molecule has 1 saturated heterocycles. The lowest BCUT2D eigenvalue weighted by Crippen LogP contribution is -2.23. The topological polar surface area (TPSA) is 44.5 Å². The SMILES string of the molecule is CC1(C)CCC(COc2ccc(C(N)=S)c(Cl)c2)O1. The molecular formula is C14H18ClNO2S. The molecule has 1 aromatic rings. The van der Waals surface area contributed by atoms with E-state index in [1.165, 1.54) is 0 Å². The first-order valence-electron chi connectivity index (χ1n) is 6.27. The number of halogens is 1. The first-order chi connectivity index (χ1) is 8.87. The Kier molecular flexibility index (Phi) is 4.33. The molecule has 2 rings (SSSR count). The third-order valence-corrected chi connectivity index (χ3v) is 3.73. The van der Waals surface area contributed by atoms with Gasteiger partial charge in [-0.05, 0) is 44.9 Å². The Hall–Kier alpha value is -0.840. The van der Waals surface area contributed by atoms with Gasteiger partial charge in [0.05, 0.1) is 16.7 Å². The van der Waals surface area contributed by atoms with Gasteiger partial charge < -0.3 is 15.2 Å². The summed E-state index contributed by atoms with van der Waals surface area (Å²) >= 11 is 11.0. The van der Waals surface area contributed by atoms with Crippen LogP contribution < -0.4 is 10.5 Å². The van der Waals surface area contributed by atoms with Crippen molar-refractivity contribution in [2.45, 2.75) is 38.4 Å². The minimum atomic E-state index is -0.0404. The standard InChI is InChI=1S/C14H18ClNO2S/c1-14(2)6-5-10(18-14)8-17-9-3-4-11(13(16)19)12(15)7-9/h3-4,7,10H,5-6,8H2,1-2H3,(H2,16,19). The highest BCUT2D eigenvalue weighted by molar-refractivity contribution is 7.80. The first kappa shape index (κ1) is 14.6. The molecule has 1 aromatic carbocycles. The lowest BCUT2D eigenvalue weighted by atomic mass is 10.1. The van der Waals surface area contributed by atoms with Crippen molar-refractivity contribution in [2.24, 2.45) is 5.73 Å². The van der Waals surface area contributed by atoms with Crippen LogP contribution in [0.5, 0.6) is 5.75 Å². The zero-order chi connectivity index (χ0) is 14.0. The maximum Gasteiger partial charge on any atom is 0.120 e. The summed E-state index contributed by atoms with van der Waals surface area (Å²) in [7, 11) is 0. The molecule has 0 saturated carbocycles. The molecule has 1 aliphatic rings. The predicted molar refractivity (Wildman–Crippen MR) is 81.0 cm³/mol. The number of hydrogen-bond donors (Lipinski definition) is 1. The predicted octanol–water partition coefficient (Wildman–Crippen LogP) is 3.31. The van der Waals surface area contributed by atoms with Crippen LogP contribution in [0.25, 0.3) is 0 Å².